The Labute approximate surface area is 79.8 Å². The maximum absolute atomic E-state index is 11.3. The standard InChI is InChI=1S/C10H19NO2/c1-3-9-6-5-8(7-11-9)10(12)13-4-2/h8-9,11H,3-7H2,1-2H3. The summed E-state index contributed by atoms with van der Waals surface area (Å²) in [5.74, 6) is 0.0484. The average molecular weight is 185 g/mol. The molecule has 0 spiro atoms. The number of piperidine rings is 1. The molecule has 0 aromatic rings. The first-order chi connectivity index (χ1) is 6.27. The third-order valence-electron chi connectivity index (χ3n) is 2.63. The largest absolute Gasteiger partial charge is 0.466 e. The smallest absolute Gasteiger partial charge is 0.310 e. The molecule has 3 nitrogen and oxygen atoms in total. The summed E-state index contributed by atoms with van der Waals surface area (Å²) in [6.07, 6.45) is 3.22. The van der Waals surface area contributed by atoms with E-state index in [1.807, 2.05) is 6.92 Å². The summed E-state index contributed by atoms with van der Waals surface area (Å²) in [5.41, 5.74) is 0. The molecule has 1 fully saturated rings. The fourth-order valence-electron chi connectivity index (χ4n) is 1.73. The molecule has 1 aliphatic rings. The Morgan fingerprint density at radius 2 is 2.23 bits per heavy atom. The van der Waals surface area contributed by atoms with Gasteiger partial charge in [-0.05, 0) is 26.2 Å². The highest BCUT2D eigenvalue weighted by Crippen LogP contribution is 2.17. The Bertz CT molecular complexity index is 162. The molecule has 1 saturated heterocycles. The van der Waals surface area contributed by atoms with Gasteiger partial charge < -0.3 is 10.1 Å². The second kappa shape index (κ2) is 5.22. The van der Waals surface area contributed by atoms with Gasteiger partial charge in [0.2, 0.25) is 0 Å². The van der Waals surface area contributed by atoms with E-state index in [9.17, 15) is 4.79 Å². The van der Waals surface area contributed by atoms with Crippen LogP contribution in [0.5, 0.6) is 0 Å². The highest BCUT2D eigenvalue weighted by Gasteiger charge is 2.25. The highest BCUT2D eigenvalue weighted by molar-refractivity contribution is 5.72. The van der Waals surface area contributed by atoms with Crippen LogP contribution in [0.2, 0.25) is 0 Å². The lowest BCUT2D eigenvalue weighted by atomic mass is 9.94. The lowest BCUT2D eigenvalue weighted by Crippen LogP contribution is -2.41. The van der Waals surface area contributed by atoms with Gasteiger partial charge in [0, 0.05) is 12.6 Å². The molecule has 1 aliphatic heterocycles. The van der Waals surface area contributed by atoms with E-state index in [2.05, 4.69) is 12.2 Å². The van der Waals surface area contributed by atoms with Crippen molar-refractivity contribution in [1.82, 2.24) is 5.32 Å². The summed E-state index contributed by atoms with van der Waals surface area (Å²) in [5, 5.41) is 3.36. The Balaban J connectivity index is 2.28. The van der Waals surface area contributed by atoms with Crippen LogP contribution in [0.15, 0.2) is 0 Å². The second-order valence-electron chi connectivity index (χ2n) is 3.54. The summed E-state index contributed by atoms with van der Waals surface area (Å²) in [4.78, 5) is 11.3. The average Bonchev–Trinajstić information content (AvgIpc) is 2.18. The fourth-order valence-corrected chi connectivity index (χ4v) is 1.73. The van der Waals surface area contributed by atoms with E-state index < -0.39 is 0 Å². The fraction of sp³-hybridized carbons (Fsp3) is 0.900. The van der Waals surface area contributed by atoms with Crippen molar-refractivity contribution in [3.8, 4) is 0 Å². The number of hydrogen-bond acceptors (Lipinski definition) is 3. The SMILES string of the molecule is CCOC(=O)C1CCC(CC)NC1. The maximum atomic E-state index is 11.3. The molecule has 0 bridgehead atoms. The molecule has 0 radical (unpaired) electrons. The number of ether oxygens (including phenoxy) is 1. The maximum Gasteiger partial charge on any atom is 0.310 e. The lowest BCUT2D eigenvalue weighted by Gasteiger charge is -2.27. The van der Waals surface area contributed by atoms with Crippen molar-refractivity contribution < 1.29 is 9.53 Å². The molecule has 76 valence electrons. The highest BCUT2D eigenvalue weighted by atomic mass is 16.5. The van der Waals surface area contributed by atoms with Gasteiger partial charge in [0.25, 0.3) is 0 Å². The van der Waals surface area contributed by atoms with Crippen LogP contribution >= 0.6 is 0 Å². The molecule has 0 aromatic heterocycles. The van der Waals surface area contributed by atoms with E-state index in [1.54, 1.807) is 0 Å². The Hall–Kier alpha value is -0.570. The zero-order valence-corrected chi connectivity index (χ0v) is 8.51. The van der Waals surface area contributed by atoms with Gasteiger partial charge in [-0.1, -0.05) is 6.92 Å². The minimum Gasteiger partial charge on any atom is -0.466 e. The van der Waals surface area contributed by atoms with Crippen LogP contribution in [-0.2, 0) is 9.53 Å². The van der Waals surface area contributed by atoms with Gasteiger partial charge >= 0.3 is 5.97 Å². The summed E-state index contributed by atoms with van der Waals surface area (Å²) < 4.78 is 4.97. The van der Waals surface area contributed by atoms with E-state index in [-0.39, 0.29) is 11.9 Å². The molecular formula is C10H19NO2. The van der Waals surface area contributed by atoms with Gasteiger partial charge in [-0.25, -0.2) is 0 Å². The van der Waals surface area contributed by atoms with E-state index >= 15 is 0 Å². The molecule has 13 heavy (non-hydrogen) atoms. The van der Waals surface area contributed by atoms with Gasteiger partial charge in [0.15, 0.2) is 0 Å². The Kier molecular flexibility index (Phi) is 4.22. The summed E-state index contributed by atoms with van der Waals surface area (Å²) >= 11 is 0. The van der Waals surface area contributed by atoms with Crippen molar-refractivity contribution in [2.45, 2.75) is 39.2 Å². The zero-order valence-electron chi connectivity index (χ0n) is 8.51. The number of hydrogen-bond donors (Lipinski definition) is 1. The second-order valence-corrected chi connectivity index (χ2v) is 3.54. The van der Waals surface area contributed by atoms with Crippen LogP contribution in [0, 0.1) is 5.92 Å². The van der Waals surface area contributed by atoms with Crippen molar-refractivity contribution in [3.63, 3.8) is 0 Å². The number of carbonyl (C=O) groups is 1. The first kappa shape index (κ1) is 10.5. The normalized spacial score (nSPS) is 28.5. The van der Waals surface area contributed by atoms with Gasteiger partial charge in [0.1, 0.15) is 0 Å². The lowest BCUT2D eigenvalue weighted by molar-refractivity contribution is -0.148. The molecule has 0 amide bonds. The molecule has 0 aliphatic carbocycles. The molecule has 0 aromatic carbocycles. The molecular weight excluding hydrogens is 166 g/mol. The summed E-state index contributed by atoms with van der Waals surface area (Å²) in [6, 6.07) is 0.602. The number of rotatable bonds is 3. The number of esters is 1. The van der Waals surface area contributed by atoms with Crippen molar-refractivity contribution in [2.75, 3.05) is 13.2 Å². The predicted molar refractivity (Wildman–Crippen MR) is 51.4 cm³/mol. The van der Waals surface area contributed by atoms with Crippen LogP contribution < -0.4 is 5.32 Å². The zero-order chi connectivity index (χ0) is 9.68. The molecule has 2 unspecified atom stereocenters. The molecule has 1 N–H and O–H groups in total. The molecule has 1 heterocycles. The summed E-state index contributed by atoms with van der Waals surface area (Å²) in [6.45, 7) is 5.30. The minimum atomic E-state index is -0.0375. The third kappa shape index (κ3) is 2.99. The first-order valence-electron chi connectivity index (χ1n) is 5.18. The van der Waals surface area contributed by atoms with Crippen molar-refractivity contribution in [1.29, 1.82) is 0 Å². The van der Waals surface area contributed by atoms with E-state index in [4.69, 9.17) is 4.74 Å². The Morgan fingerprint density at radius 3 is 2.69 bits per heavy atom. The van der Waals surface area contributed by atoms with E-state index in [0.717, 1.165) is 25.8 Å². The van der Waals surface area contributed by atoms with E-state index in [0.29, 0.717) is 12.6 Å². The van der Waals surface area contributed by atoms with Crippen LogP contribution in [0.25, 0.3) is 0 Å². The monoisotopic (exact) mass is 185 g/mol. The number of nitrogens with one attached hydrogen (secondary N) is 1. The first-order valence-corrected chi connectivity index (χ1v) is 5.18. The van der Waals surface area contributed by atoms with Crippen LogP contribution in [0.3, 0.4) is 0 Å². The topological polar surface area (TPSA) is 38.3 Å². The Morgan fingerprint density at radius 1 is 1.46 bits per heavy atom. The van der Waals surface area contributed by atoms with Gasteiger partial charge in [0.05, 0.1) is 12.5 Å². The van der Waals surface area contributed by atoms with Gasteiger partial charge in [-0.2, -0.15) is 0 Å². The predicted octanol–water partition coefficient (Wildman–Crippen LogP) is 1.33. The quantitative estimate of drug-likeness (QED) is 0.674. The van der Waals surface area contributed by atoms with E-state index in [1.165, 1.54) is 0 Å². The van der Waals surface area contributed by atoms with Crippen molar-refractivity contribution in [3.05, 3.63) is 0 Å². The van der Waals surface area contributed by atoms with Crippen molar-refractivity contribution in [2.24, 2.45) is 5.92 Å². The van der Waals surface area contributed by atoms with Gasteiger partial charge in [-0.15, -0.1) is 0 Å². The van der Waals surface area contributed by atoms with Gasteiger partial charge in [-0.3, -0.25) is 4.79 Å². The van der Waals surface area contributed by atoms with Crippen LogP contribution in [-0.4, -0.2) is 25.2 Å². The minimum absolute atomic E-state index is 0.0375. The van der Waals surface area contributed by atoms with Crippen molar-refractivity contribution >= 4 is 5.97 Å². The molecule has 1 rings (SSSR count). The molecule has 3 heteroatoms. The molecule has 0 saturated carbocycles. The third-order valence-corrected chi connectivity index (χ3v) is 2.63. The molecule has 2 atom stereocenters. The summed E-state index contributed by atoms with van der Waals surface area (Å²) in [7, 11) is 0. The van der Waals surface area contributed by atoms with Crippen LogP contribution in [0.4, 0.5) is 0 Å². The van der Waals surface area contributed by atoms with Crippen LogP contribution in [0.1, 0.15) is 33.1 Å². The number of carbonyl (C=O) groups excluding carboxylic acids is 1.